The Morgan fingerprint density at radius 3 is 2.35 bits per heavy atom. The number of hydrogen-bond acceptors (Lipinski definition) is 2. The van der Waals surface area contributed by atoms with E-state index in [1.165, 1.54) is 43.2 Å². The van der Waals surface area contributed by atoms with Crippen molar-refractivity contribution in [1.82, 2.24) is 5.32 Å². The molecule has 1 N–H and O–H groups in total. The lowest BCUT2D eigenvalue weighted by Crippen LogP contribution is -2.41. The topological polar surface area (TPSA) is 21.3 Å². The van der Waals surface area contributed by atoms with Crippen LogP contribution in [-0.2, 0) is 17.6 Å². The largest absolute Gasteiger partial charge is 0.381 e. The van der Waals surface area contributed by atoms with Gasteiger partial charge in [-0.2, -0.15) is 0 Å². The number of hydrogen-bond donors (Lipinski definition) is 1. The Labute approximate surface area is 122 Å². The van der Waals surface area contributed by atoms with E-state index in [0.717, 1.165) is 32.2 Å². The molecule has 0 spiro atoms. The Morgan fingerprint density at radius 1 is 1.10 bits per heavy atom. The second-order valence-electron chi connectivity index (χ2n) is 6.61. The highest BCUT2D eigenvalue weighted by atomic mass is 16.5. The van der Waals surface area contributed by atoms with Crippen molar-refractivity contribution in [2.75, 3.05) is 19.8 Å². The lowest BCUT2D eigenvalue weighted by Gasteiger charge is -2.38. The molecule has 1 aliphatic heterocycles. The molecule has 0 bridgehead atoms. The van der Waals surface area contributed by atoms with Gasteiger partial charge in [-0.1, -0.05) is 31.2 Å². The van der Waals surface area contributed by atoms with Gasteiger partial charge in [-0.05, 0) is 55.1 Å². The SMILES string of the molecule is CCc1ccc(CC2(CNC3CC3)CCOCC2)cc1. The molecule has 1 aromatic carbocycles. The van der Waals surface area contributed by atoms with Gasteiger partial charge in [-0.25, -0.2) is 0 Å². The Balaban J connectivity index is 1.66. The van der Waals surface area contributed by atoms with E-state index >= 15 is 0 Å². The molecule has 20 heavy (non-hydrogen) atoms. The molecule has 0 unspecified atom stereocenters. The number of ether oxygens (including phenoxy) is 1. The maximum absolute atomic E-state index is 5.59. The molecular formula is C18H27NO. The van der Waals surface area contributed by atoms with Crippen LogP contribution >= 0.6 is 0 Å². The van der Waals surface area contributed by atoms with Gasteiger partial charge in [-0.3, -0.25) is 0 Å². The fraction of sp³-hybridized carbons (Fsp3) is 0.667. The van der Waals surface area contributed by atoms with Gasteiger partial charge in [0.05, 0.1) is 0 Å². The van der Waals surface area contributed by atoms with Crippen LogP contribution in [0.1, 0.15) is 43.7 Å². The van der Waals surface area contributed by atoms with Crippen LogP contribution in [0.2, 0.25) is 0 Å². The zero-order valence-electron chi connectivity index (χ0n) is 12.7. The Kier molecular flexibility index (Phi) is 4.42. The van der Waals surface area contributed by atoms with Crippen molar-refractivity contribution in [3.63, 3.8) is 0 Å². The van der Waals surface area contributed by atoms with Crippen LogP contribution in [0.15, 0.2) is 24.3 Å². The molecule has 1 saturated heterocycles. The molecular weight excluding hydrogens is 246 g/mol. The number of aryl methyl sites for hydroxylation is 1. The summed E-state index contributed by atoms with van der Waals surface area (Å²) in [5.41, 5.74) is 3.33. The standard InChI is InChI=1S/C18H27NO/c1-2-15-3-5-16(6-4-15)13-18(9-11-20-12-10-18)14-19-17-7-8-17/h3-6,17,19H,2,7-14H2,1H3. The van der Waals surface area contributed by atoms with Crippen molar-refractivity contribution in [1.29, 1.82) is 0 Å². The van der Waals surface area contributed by atoms with Crippen LogP contribution in [-0.4, -0.2) is 25.8 Å². The zero-order chi connectivity index (χ0) is 13.8. The second kappa shape index (κ2) is 6.28. The molecule has 1 aliphatic carbocycles. The van der Waals surface area contributed by atoms with Gasteiger partial charge in [0, 0.05) is 25.8 Å². The minimum absolute atomic E-state index is 0.411. The molecule has 2 aliphatic rings. The quantitative estimate of drug-likeness (QED) is 0.858. The van der Waals surface area contributed by atoms with Gasteiger partial charge in [0.2, 0.25) is 0 Å². The summed E-state index contributed by atoms with van der Waals surface area (Å²) in [7, 11) is 0. The Hall–Kier alpha value is -0.860. The third-order valence-electron chi connectivity index (χ3n) is 4.91. The summed E-state index contributed by atoms with van der Waals surface area (Å²) >= 11 is 0. The average Bonchev–Trinajstić information content (AvgIpc) is 3.31. The molecule has 2 fully saturated rings. The van der Waals surface area contributed by atoms with Crippen molar-refractivity contribution in [3.8, 4) is 0 Å². The van der Waals surface area contributed by atoms with Crippen molar-refractivity contribution >= 4 is 0 Å². The lowest BCUT2D eigenvalue weighted by atomic mass is 9.75. The molecule has 0 amide bonds. The van der Waals surface area contributed by atoms with Crippen LogP contribution in [0.4, 0.5) is 0 Å². The van der Waals surface area contributed by atoms with E-state index in [2.05, 4.69) is 36.5 Å². The van der Waals surface area contributed by atoms with Crippen molar-refractivity contribution < 1.29 is 4.74 Å². The first-order valence-corrected chi connectivity index (χ1v) is 8.19. The van der Waals surface area contributed by atoms with Gasteiger partial charge < -0.3 is 10.1 Å². The number of benzene rings is 1. The molecule has 2 nitrogen and oxygen atoms in total. The van der Waals surface area contributed by atoms with E-state index < -0.39 is 0 Å². The van der Waals surface area contributed by atoms with Crippen molar-refractivity contribution in [2.45, 2.75) is 51.5 Å². The van der Waals surface area contributed by atoms with Crippen LogP contribution in [0.3, 0.4) is 0 Å². The summed E-state index contributed by atoms with van der Waals surface area (Å²) in [6.07, 6.45) is 7.46. The lowest BCUT2D eigenvalue weighted by molar-refractivity contribution is 0.0147. The minimum atomic E-state index is 0.411. The summed E-state index contributed by atoms with van der Waals surface area (Å²) in [6, 6.07) is 10.0. The Morgan fingerprint density at radius 2 is 1.75 bits per heavy atom. The molecule has 0 radical (unpaired) electrons. The normalized spacial score (nSPS) is 21.9. The summed E-state index contributed by atoms with van der Waals surface area (Å²) in [5, 5.41) is 3.75. The highest BCUT2D eigenvalue weighted by molar-refractivity contribution is 5.23. The van der Waals surface area contributed by atoms with E-state index in [1.54, 1.807) is 0 Å². The van der Waals surface area contributed by atoms with Crippen LogP contribution in [0.25, 0.3) is 0 Å². The summed E-state index contributed by atoms with van der Waals surface area (Å²) < 4.78 is 5.59. The van der Waals surface area contributed by atoms with E-state index in [4.69, 9.17) is 4.74 Å². The van der Waals surface area contributed by atoms with Gasteiger partial charge in [-0.15, -0.1) is 0 Å². The first-order chi connectivity index (χ1) is 9.80. The smallest absolute Gasteiger partial charge is 0.0471 e. The van der Waals surface area contributed by atoms with Crippen LogP contribution in [0, 0.1) is 5.41 Å². The Bertz CT molecular complexity index is 416. The van der Waals surface area contributed by atoms with E-state index in [-0.39, 0.29) is 0 Å². The van der Waals surface area contributed by atoms with E-state index in [0.29, 0.717) is 5.41 Å². The van der Waals surface area contributed by atoms with Crippen molar-refractivity contribution in [2.24, 2.45) is 5.41 Å². The average molecular weight is 273 g/mol. The van der Waals surface area contributed by atoms with Crippen LogP contribution in [0.5, 0.6) is 0 Å². The predicted molar refractivity (Wildman–Crippen MR) is 83.0 cm³/mol. The van der Waals surface area contributed by atoms with Gasteiger partial charge in [0.15, 0.2) is 0 Å². The summed E-state index contributed by atoms with van der Waals surface area (Å²) in [5.74, 6) is 0. The van der Waals surface area contributed by atoms with Gasteiger partial charge in [0.25, 0.3) is 0 Å². The molecule has 3 rings (SSSR count). The number of nitrogens with one attached hydrogen (secondary N) is 1. The van der Waals surface area contributed by atoms with Crippen molar-refractivity contribution in [3.05, 3.63) is 35.4 Å². The van der Waals surface area contributed by atoms with E-state index in [1.807, 2.05) is 0 Å². The van der Waals surface area contributed by atoms with E-state index in [9.17, 15) is 0 Å². The third-order valence-corrected chi connectivity index (χ3v) is 4.91. The highest BCUT2D eigenvalue weighted by Gasteiger charge is 2.34. The zero-order valence-corrected chi connectivity index (χ0v) is 12.7. The number of rotatable bonds is 6. The molecule has 0 aromatic heterocycles. The van der Waals surface area contributed by atoms with Crippen LogP contribution < -0.4 is 5.32 Å². The van der Waals surface area contributed by atoms with Gasteiger partial charge >= 0.3 is 0 Å². The fourth-order valence-electron chi connectivity index (χ4n) is 3.19. The molecule has 0 atom stereocenters. The minimum Gasteiger partial charge on any atom is -0.381 e. The first-order valence-electron chi connectivity index (χ1n) is 8.19. The fourth-order valence-corrected chi connectivity index (χ4v) is 3.19. The molecule has 1 saturated carbocycles. The first kappa shape index (κ1) is 14.1. The third kappa shape index (κ3) is 3.62. The monoisotopic (exact) mass is 273 g/mol. The molecule has 1 heterocycles. The van der Waals surface area contributed by atoms with Gasteiger partial charge in [0.1, 0.15) is 0 Å². The molecule has 110 valence electrons. The second-order valence-corrected chi connectivity index (χ2v) is 6.61. The molecule has 2 heteroatoms. The summed E-state index contributed by atoms with van der Waals surface area (Å²) in [4.78, 5) is 0. The summed E-state index contributed by atoms with van der Waals surface area (Å²) in [6.45, 7) is 5.24. The predicted octanol–water partition coefficient (Wildman–Crippen LogP) is 3.34. The molecule has 1 aromatic rings. The maximum Gasteiger partial charge on any atom is 0.0471 e. The maximum atomic E-state index is 5.59. The highest BCUT2D eigenvalue weighted by Crippen LogP contribution is 2.35.